The van der Waals surface area contributed by atoms with Crippen LogP contribution in [-0.2, 0) is 34.7 Å². The fourth-order valence-corrected chi connectivity index (χ4v) is 5.32. The highest BCUT2D eigenvalue weighted by Crippen LogP contribution is 2.39. The second kappa shape index (κ2) is 11.0. The van der Waals surface area contributed by atoms with Crippen molar-refractivity contribution in [3.63, 3.8) is 0 Å². The number of piperazine rings is 1. The topological polar surface area (TPSA) is 103 Å². The van der Waals surface area contributed by atoms with Crippen LogP contribution in [0.2, 0.25) is 0 Å². The molecule has 0 bridgehead atoms. The third-order valence-corrected chi connectivity index (χ3v) is 7.26. The molecule has 2 aromatic rings. The van der Waals surface area contributed by atoms with Crippen molar-refractivity contribution in [2.45, 2.75) is 63.1 Å². The number of hydrogen-bond donors (Lipinski definition) is 0. The van der Waals surface area contributed by atoms with Crippen molar-refractivity contribution in [3.05, 3.63) is 41.1 Å². The Morgan fingerprint density at radius 3 is 2.51 bits per heavy atom. The lowest BCUT2D eigenvalue weighted by Gasteiger charge is -2.42. The first-order valence-electron chi connectivity index (χ1n) is 12.5. The van der Waals surface area contributed by atoms with Crippen LogP contribution in [0.15, 0.2) is 29.4 Å². The summed E-state index contributed by atoms with van der Waals surface area (Å²) in [5.74, 6) is 0.542. The van der Waals surface area contributed by atoms with Crippen molar-refractivity contribution in [2.24, 2.45) is 0 Å². The summed E-state index contributed by atoms with van der Waals surface area (Å²) in [7, 11) is -1.54. The number of hydrogen-bond acceptors (Lipinski definition) is 8. The van der Waals surface area contributed by atoms with Gasteiger partial charge in [-0.15, -0.1) is 0 Å². The predicted octanol–water partition coefficient (Wildman–Crippen LogP) is 4.13. The quantitative estimate of drug-likeness (QED) is 0.511. The Morgan fingerprint density at radius 1 is 1.15 bits per heavy atom. The van der Waals surface area contributed by atoms with Gasteiger partial charge in [-0.3, -0.25) is 4.21 Å². The minimum atomic E-state index is -4.51. The summed E-state index contributed by atoms with van der Waals surface area (Å²) in [6.45, 7) is 6.71. The van der Waals surface area contributed by atoms with Gasteiger partial charge >= 0.3 is 12.3 Å². The Morgan fingerprint density at radius 2 is 1.87 bits per heavy atom. The SMILES string of the molecule is CS(=O)c1nc2c(c(N3CCN(C(=O)OC(C)(C)C)[C@@H](CC#N)C3)n1)CCN(c1ccccc1C(F)(F)F)C2. The standard InChI is InChI=1S/C26H31F3N6O3S/c1-25(2,3)38-24(36)35-14-13-34(15-17(35)9-11-30)22-18-10-12-33(16-20(18)31-23(32-22)39(4)37)21-8-6-5-7-19(21)26(27,28)29/h5-8,17H,9-10,12-16H2,1-4H3/t17-,39?/m0/s1. The molecule has 0 spiro atoms. The van der Waals surface area contributed by atoms with Gasteiger partial charge in [0.05, 0.1) is 47.1 Å². The molecule has 2 atom stereocenters. The first-order valence-corrected chi connectivity index (χ1v) is 14.1. The molecule has 1 unspecified atom stereocenters. The van der Waals surface area contributed by atoms with Crippen LogP contribution in [0, 0.1) is 11.3 Å². The number of nitrogens with zero attached hydrogens (tertiary/aromatic N) is 6. The zero-order chi connectivity index (χ0) is 28.5. The highest BCUT2D eigenvalue weighted by Gasteiger charge is 2.38. The molecule has 9 nitrogen and oxygen atoms in total. The number of aromatic nitrogens is 2. The number of nitriles is 1. The summed E-state index contributed by atoms with van der Waals surface area (Å²) in [4.78, 5) is 27.0. The van der Waals surface area contributed by atoms with Crippen molar-refractivity contribution in [1.29, 1.82) is 5.26 Å². The second-order valence-electron chi connectivity index (χ2n) is 10.5. The monoisotopic (exact) mass is 564 g/mol. The van der Waals surface area contributed by atoms with Crippen LogP contribution >= 0.6 is 0 Å². The minimum Gasteiger partial charge on any atom is -0.444 e. The van der Waals surface area contributed by atoms with E-state index in [0.717, 1.165) is 11.6 Å². The Hall–Kier alpha value is -3.40. The molecule has 0 N–H and O–H groups in total. The van der Waals surface area contributed by atoms with Crippen LogP contribution in [0.3, 0.4) is 0 Å². The van der Waals surface area contributed by atoms with Gasteiger partial charge in [0.15, 0.2) is 0 Å². The van der Waals surface area contributed by atoms with E-state index in [0.29, 0.717) is 37.6 Å². The Balaban J connectivity index is 1.66. The lowest BCUT2D eigenvalue weighted by atomic mass is 10.0. The zero-order valence-electron chi connectivity index (χ0n) is 22.3. The number of benzene rings is 1. The highest BCUT2D eigenvalue weighted by molar-refractivity contribution is 7.84. The van der Waals surface area contributed by atoms with E-state index in [-0.39, 0.29) is 30.4 Å². The van der Waals surface area contributed by atoms with Crippen molar-refractivity contribution >= 4 is 28.4 Å². The number of amides is 1. The van der Waals surface area contributed by atoms with E-state index >= 15 is 0 Å². The number of halogens is 3. The maximum absolute atomic E-state index is 13.7. The van der Waals surface area contributed by atoms with Gasteiger partial charge in [-0.2, -0.15) is 18.4 Å². The number of rotatable bonds is 4. The fourth-order valence-electron chi connectivity index (χ4n) is 4.86. The van der Waals surface area contributed by atoms with Gasteiger partial charge in [0.25, 0.3) is 0 Å². The molecule has 210 valence electrons. The van der Waals surface area contributed by atoms with Crippen LogP contribution in [0.5, 0.6) is 0 Å². The smallest absolute Gasteiger partial charge is 0.418 e. The molecule has 4 rings (SSSR count). The van der Waals surface area contributed by atoms with E-state index in [2.05, 4.69) is 16.0 Å². The molecule has 0 aliphatic carbocycles. The summed E-state index contributed by atoms with van der Waals surface area (Å²) < 4.78 is 59.1. The lowest BCUT2D eigenvalue weighted by molar-refractivity contribution is -0.137. The van der Waals surface area contributed by atoms with E-state index in [1.165, 1.54) is 18.4 Å². The summed E-state index contributed by atoms with van der Waals surface area (Å²) in [6.07, 6.45) is -3.10. The number of carbonyl (C=O) groups excluding carboxylic acids is 1. The normalized spacial score (nSPS) is 18.8. The molecule has 1 fully saturated rings. The van der Waals surface area contributed by atoms with Crippen molar-refractivity contribution in [2.75, 3.05) is 42.2 Å². The van der Waals surface area contributed by atoms with Gasteiger partial charge < -0.3 is 19.4 Å². The Bertz CT molecular complexity index is 1310. The third-order valence-electron chi connectivity index (χ3n) is 6.57. The van der Waals surface area contributed by atoms with Crippen molar-refractivity contribution in [1.82, 2.24) is 14.9 Å². The largest absolute Gasteiger partial charge is 0.444 e. The van der Waals surface area contributed by atoms with E-state index < -0.39 is 40.3 Å². The number of alkyl halides is 3. The molecule has 0 saturated carbocycles. The molecule has 1 amide bonds. The van der Waals surface area contributed by atoms with Crippen molar-refractivity contribution < 1.29 is 26.9 Å². The second-order valence-corrected chi connectivity index (χ2v) is 11.8. The average molecular weight is 565 g/mol. The third kappa shape index (κ3) is 6.43. The molecule has 2 aliphatic heterocycles. The van der Waals surface area contributed by atoms with Crippen LogP contribution in [0.25, 0.3) is 0 Å². The fraction of sp³-hybridized carbons (Fsp3) is 0.538. The van der Waals surface area contributed by atoms with Gasteiger partial charge in [0.2, 0.25) is 5.16 Å². The number of fused-ring (bicyclic) bond motifs is 1. The Kier molecular flexibility index (Phi) is 8.07. The molecule has 1 saturated heterocycles. The van der Waals surface area contributed by atoms with Crippen LogP contribution in [0.4, 0.5) is 29.5 Å². The molecule has 39 heavy (non-hydrogen) atoms. The van der Waals surface area contributed by atoms with E-state index in [1.807, 2.05) is 4.90 Å². The molecular weight excluding hydrogens is 533 g/mol. The number of anilines is 2. The highest BCUT2D eigenvalue weighted by atomic mass is 32.2. The first kappa shape index (κ1) is 28.6. The first-order chi connectivity index (χ1) is 18.3. The number of ether oxygens (including phenoxy) is 1. The molecule has 1 aromatic carbocycles. The molecule has 3 heterocycles. The van der Waals surface area contributed by atoms with Gasteiger partial charge in [-0.25, -0.2) is 14.8 Å². The maximum Gasteiger partial charge on any atom is 0.418 e. The average Bonchev–Trinajstić information content (AvgIpc) is 2.86. The number of carbonyl (C=O) groups is 1. The molecular formula is C26H31F3N6O3S. The van der Waals surface area contributed by atoms with Crippen LogP contribution in [0.1, 0.15) is 44.0 Å². The minimum absolute atomic E-state index is 0.0649. The summed E-state index contributed by atoms with van der Waals surface area (Å²) in [5.41, 5.74) is -0.0609. The predicted molar refractivity (Wildman–Crippen MR) is 140 cm³/mol. The van der Waals surface area contributed by atoms with Gasteiger partial charge in [0.1, 0.15) is 11.4 Å². The summed E-state index contributed by atoms with van der Waals surface area (Å²) >= 11 is 0. The van der Waals surface area contributed by atoms with Crippen molar-refractivity contribution in [3.8, 4) is 6.07 Å². The molecule has 1 aromatic heterocycles. The summed E-state index contributed by atoms with van der Waals surface area (Å²) in [6, 6.07) is 7.10. The maximum atomic E-state index is 13.7. The summed E-state index contributed by atoms with van der Waals surface area (Å²) in [5, 5.41) is 9.52. The van der Waals surface area contributed by atoms with E-state index in [1.54, 1.807) is 36.6 Å². The van der Waals surface area contributed by atoms with Gasteiger partial charge in [-0.1, -0.05) is 12.1 Å². The van der Waals surface area contributed by atoms with Gasteiger partial charge in [0, 0.05) is 43.7 Å². The van der Waals surface area contributed by atoms with Crippen LogP contribution in [-0.4, -0.2) is 69.2 Å². The van der Waals surface area contributed by atoms with E-state index in [4.69, 9.17) is 4.74 Å². The lowest BCUT2D eigenvalue weighted by Crippen LogP contribution is -2.56. The zero-order valence-corrected chi connectivity index (χ0v) is 23.1. The number of para-hydroxylation sites is 1. The molecule has 0 radical (unpaired) electrons. The molecule has 2 aliphatic rings. The van der Waals surface area contributed by atoms with Gasteiger partial charge in [-0.05, 0) is 39.3 Å². The Labute approximate surface area is 228 Å². The van der Waals surface area contributed by atoms with E-state index in [9.17, 15) is 27.4 Å². The molecule has 13 heteroatoms. The van der Waals surface area contributed by atoms with Crippen LogP contribution < -0.4 is 9.80 Å².